The molecule has 1 rings (SSSR count). The second-order valence-corrected chi connectivity index (χ2v) is 5.13. The first-order valence-corrected chi connectivity index (χ1v) is 7.18. The van der Waals surface area contributed by atoms with E-state index in [4.69, 9.17) is 14.2 Å². The van der Waals surface area contributed by atoms with Crippen molar-refractivity contribution in [1.29, 1.82) is 0 Å². The van der Waals surface area contributed by atoms with Crippen molar-refractivity contribution < 1.29 is 19.0 Å². The molecule has 0 amide bonds. The molecule has 1 aliphatic carbocycles. The van der Waals surface area contributed by atoms with Gasteiger partial charge >= 0.3 is 0 Å². The van der Waals surface area contributed by atoms with Crippen LogP contribution in [0.25, 0.3) is 0 Å². The first kappa shape index (κ1) is 17.1. The van der Waals surface area contributed by atoms with Crippen LogP contribution in [0.15, 0.2) is 24.3 Å². The summed E-state index contributed by atoms with van der Waals surface area (Å²) in [5.41, 5.74) is 0. The summed E-state index contributed by atoms with van der Waals surface area (Å²) in [7, 11) is 3.29. The smallest absolute Gasteiger partial charge is 0.155 e. The standard InChI is InChI=1S/C16H26O4/c1-13-10-11-14(17)8-6-4-5-7-9-15(19-3)16(13)20-12-18-2/h6-9,13,15-16H,4-5,10-12H2,1-3H3/t13-,15+,16+/m1/s1. The minimum absolute atomic E-state index is 0.104. The van der Waals surface area contributed by atoms with Crippen molar-refractivity contribution >= 4 is 5.78 Å². The summed E-state index contributed by atoms with van der Waals surface area (Å²) in [6.45, 7) is 2.32. The van der Waals surface area contributed by atoms with Crippen molar-refractivity contribution in [1.82, 2.24) is 0 Å². The molecule has 0 bridgehead atoms. The van der Waals surface area contributed by atoms with Gasteiger partial charge in [0.2, 0.25) is 0 Å². The van der Waals surface area contributed by atoms with Crippen molar-refractivity contribution in [3.05, 3.63) is 24.3 Å². The molecule has 0 radical (unpaired) electrons. The average molecular weight is 282 g/mol. The lowest BCUT2D eigenvalue weighted by Gasteiger charge is -2.29. The highest BCUT2D eigenvalue weighted by molar-refractivity contribution is 5.89. The summed E-state index contributed by atoms with van der Waals surface area (Å²) in [5.74, 6) is 0.400. The summed E-state index contributed by atoms with van der Waals surface area (Å²) in [6, 6.07) is 0. The Morgan fingerprint density at radius 3 is 2.70 bits per heavy atom. The minimum atomic E-state index is -0.112. The third-order valence-electron chi connectivity index (χ3n) is 3.51. The minimum Gasteiger partial charge on any atom is -0.375 e. The van der Waals surface area contributed by atoms with E-state index in [1.807, 2.05) is 12.2 Å². The molecule has 0 N–H and O–H groups in total. The zero-order valence-corrected chi connectivity index (χ0v) is 12.7. The Morgan fingerprint density at radius 1 is 1.25 bits per heavy atom. The zero-order valence-electron chi connectivity index (χ0n) is 12.7. The number of carbonyl (C=O) groups is 1. The largest absolute Gasteiger partial charge is 0.375 e. The summed E-state index contributed by atoms with van der Waals surface area (Å²) in [5, 5.41) is 0. The van der Waals surface area contributed by atoms with E-state index in [9.17, 15) is 4.79 Å². The third kappa shape index (κ3) is 5.99. The molecule has 114 valence electrons. The summed E-state index contributed by atoms with van der Waals surface area (Å²) in [6.07, 6.45) is 10.7. The van der Waals surface area contributed by atoms with E-state index < -0.39 is 0 Å². The van der Waals surface area contributed by atoms with Crippen LogP contribution in [0, 0.1) is 5.92 Å². The first-order valence-electron chi connectivity index (χ1n) is 7.18. The van der Waals surface area contributed by atoms with E-state index in [-0.39, 0.29) is 30.7 Å². The van der Waals surface area contributed by atoms with Gasteiger partial charge in [-0.2, -0.15) is 0 Å². The van der Waals surface area contributed by atoms with Crippen molar-refractivity contribution in [2.45, 2.75) is 44.8 Å². The van der Waals surface area contributed by atoms with Gasteiger partial charge in [-0.05, 0) is 31.3 Å². The van der Waals surface area contributed by atoms with Crippen LogP contribution < -0.4 is 0 Å². The number of ketones is 1. The Morgan fingerprint density at radius 2 is 2.00 bits per heavy atom. The average Bonchev–Trinajstić information content (AvgIpc) is 2.45. The maximum atomic E-state index is 11.7. The van der Waals surface area contributed by atoms with Gasteiger partial charge in [0.05, 0.1) is 6.10 Å². The molecular weight excluding hydrogens is 256 g/mol. The molecule has 3 atom stereocenters. The van der Waals surface area contributed by atoms with E-state index in [1.165, 1.54) is 0 Å². The number of carbonyl (C=O) groups excluding carboxylic acids is 1. The Bertz CT molecular complexity index is 335. The van der Waals surface area contributed by atoms with Crippen LogP contribution in [0.5, 0.6) is 0 Å². The van der Waals surface area contributed by atoms with Crippen LogP contribution in [-0.2, 0) is 19.0 Å². The van der Waals surface area contributed by atoms with Crippen molar-refractivity contribution in [2.24, 2.45) is 5.92 Å². The molecular formula is C16H26O4. The zero-order chi connectivity index (χ0) is 14.8. The van der Waals surface area contributed by atoms with Crippen molar-refractivity contribution in [2.75, 3.05) is 21.0 Å². The van der Waals surface area contributed by atoms with Gasteiger partial charge in [-0.3, -0.25) is 4.79 Å². The SMILES string of the molecule is COCO[C@H]1[C@H](C)CCC(=O)C=CCCC=C[C@@H]1OC. The second-order valence-electron chi connectivity index (χ2n) is 5.13. The highest BCUT2D eigenvalue weighted by atomic mass is 16.7. The molecule has 0 unspecified atom stereocenters. The second kappa shape index (κ2) is 9.86. The molecule has 20 heavy (non-hydrogen) atoms. The monoisotopic (exact) mass is 282 g/mol. The fraction of sp³-hybridized carbons (Fsp3) is 0.688. The van der Waals surface area contributed by atoms with Gasteiger partial charge in [0.1, 0.15) is 12.9 Å². The fourth-order valence-electron chi connectivity index (χ4n) is 2.31. The van der Waals surface area contributed by atoms with E-state index in [2.05, 4.69) is 13.0 Å². The van der Waals surface area contributed by atoms with Crippen LogP contribution in [0.3, 0.4) is 0 Å². The van der Waals surface area contributed by atoms with Crippen molar-refractivity contribution in [3.8, 4) is 0 Å². The molecule has 0 saturated heterocycles. The molecule has 0 aromatic carbocycles. The Kier molecular flexibility index (Phi) is 8.42. The molecule has 1 aliphatic rings. The van der Waals surface area contributed by atoms with Crippen LogP contribution in [0.2, 0.25) is 0 Å². The van der Waals surface area contributed by atoms with Gasteiger partial charge in [-0.1, -0.05) is 25.2 Å². The Hall–Kier alpha value is -0.970. The third-order valence-corrected chi connectivity index (χ3v) is 3.51. The number of allylic oxidation sites excluding steroid dienone is 3. The molecule has 0 aromatic rings. The number of methoxy groups -OCH3 is 2. The molecule has 0 fully saturated rings. The molecule has 4 nitrogen and oxygen atoms in total. The van der Waals surface area contributed by atoms with Gasteiger partial charge < -0.3 is 14.2 Å². The normalized spacial score (nSPS) is 28.9. The maximum Gasteiger partial charge on any atom is 0.155 e. The molecule has 0 heterocycles. The number of rotatable bonds is 4. The van der Waals surface area contributed by atoms with Crippen LogP contribution >= 0.6 is 0 Å². The summed E-state index contributed by atoms with van der Waals surface area (Å²) < 4.78 is 16.3. The lowest BCUT2D eigenvalue weighted by Crippen LogP contribution is -2.36. The molecule has 0 spiro atoms. The van der Waals surface area contributed by atoms with Crippen LogP contribution in [0.1, 0.15) is 32.6 Å². The molecule has 0 aromatic heterocycles. The lowest BCUT2D eigenvalue weighted by molar-refractivity contribution is -0.129. The van der Waals surface area contributed by atoms with E-state index >= 15 is 0 Å². The first-order chi connectivity index (χ1) is 9.69. The van der Waals surface area contributed by atoms with Gasteiger partial charge in [-0.25, -0.2) is 0 Å². The maximum absolute atomic E-state index is 11.7. The lowest BCUT2D eigenvalue weighted by atomic mass is 9.92. The summed E-state index contributed by atoms with van der Waals surface area (Å²) in [4.78, 5) is 11.7. The predicted octanol–water partition coefficient (Wildman–Crippen LogP) is 2.88. The van der Waals surface area contributed by atoms with E-state index in [0.717, 1.165) is 19.3 Å². The highest BCUT2D eigenvalue weighted by Crippen LogP contribution is 2.21. The molecule has 0 saturated carbocycles. The number of hydrogen-bond donors (Lipinski definition) is 0. The summed E-state index contributed by atoms with van der Waals surface area (Å²) >= 11 is 0. The predicted molar refractivity (Wildman–Crippen MR) is 78.5 cm³/mol. The Labute approximate surface area is 121 Å². The number of ether oxygens (including phenoxy) is 3. The topological polar surface area (TPSA) is 44.8 Å². The van der Waals surface area contributed by atoms with E-state index in [0.29, 0.717) is 6.42 Å². The Balaban J connectivity index is 2.80. The van der Waals surface area contributed by atoms with Gasteiger partial charge in [0.25, 0.3) is 0 Å². The molecule has 0 aliphatic heterocycles. The number of hydrogen-bond acceptors (Lipinski definition) is 4. The van der Waals surface area contributed by atoms with Gasteiger partial charge in [0.15, 0.2) is 5.78 Å². The van der Waals surface area contributed by atoms with Crippen LogP contribution in [-0.4, -0.2) is 39.0 Å². The molecule has 4 heteroatoms. The van der Waals surface area contributed by atoms with Gasteiger partial charge in [-0.15, -0.1) is 0 Å². The van der Waals surface area contributed by atoms with Crippen molar-refractivity contribution in [3.63, 3.8) is 0 Å². The fourth-order valence-corrected chi connectivity index (χ4v) is 2.31. The highest BCUT2D eigenvalue weighted by Gasteiger charge is 2.26. The van der Waals surface area contributed by atoms with Gasteiger partial charge in [0, 0.05) is 20.6 Å². The van der Waals surface area contributed by atoms with Crippen LogP contribution in [0.4, 0.5) is 0 Å². The van der Waals surface area contributed by atoms with E-state index in [1.54, 1.807) is 20.3 Å². The quantitative estimate of drug-likeness (QED) is 0.587.